The number of hydrogen-bond donors (Lipinski definition) is 4. The van der Waals surface area contributed by atoms with Gasteiger partial charge in [-0.05, 0) is 81.4 Å². The fourth-order valence-electron chi connectivity index (χ4n) is 5.30. The monoisotopic (exact) mass is 909 g/mol. The van der Waals surface area contributed by atoms with Crippen LogP contribution in [0.3, 0.4) is 0 Å². The van der Waals surface area contributed by atoms with E-state index in [1.807, 2.05) is 0 Å². The van der Waals surface area contributed by atoms with E-state index in [-0.39, 0.29) is 66.8 Å². The molecule has 4 aromatic carbocycles. The number of ketones is 2. The lowest BCUT2D eigenvalue weighted by molar-refractivity contribution is -0.118. The summed E-state index contributed by atoms with van der Waals surface area (Å²) in [6.45, 7) is 5.43. The maximum atomic E-state index is 14.1. The minimum absolute atomic E-state index is 0.00587. The number of primary amides is 1. The van der Waals surface area contributed by atoms with Crippen LogP contribution < -0.4 is 27.4 Å². The van der Waals surface area contributed by atoms with Gasteiger partial charge >= 0.3 is 11.9 Å². The summed E-state index contributed by atoms with van der Waals surface area (Å²) in [4.78, 5) is 71.2. The standard InChI is InChI=1S/C22H20ClFN4O4S.C19H15ClFN3O3S/c1-3-32-21(31)13-6-4-12(5-7-13)17(29)18-19(25)27-22(33-18)28(11(2)20(26)30)14-8-9-15(23)16(24)10-14;1-2-27-18(26)11-5-3-10(4-6-11)15(25)16-17(22)24-19(28-16)23-12-7-8-13(20)14(21)9-12/h4-11H,3,25H2,1-2H3,(H2,26,30);3-9H,2,22H2,1H3,(H,23,24)/t11-;/m1./s1. The topological polar surface area (TPSA) is 223 Å². The van der Waals surface area contributed by atoms with Crippen molar-refractivity contribution in [1.82, 2.24) is 9.97 Å². The van der Waals surface area contributed by atoms with Crippen molar-refractivity contribution in [1.29, 1.82) is 0 Å². The molecule has 0 saturated heterocycles. The molecule has 1 atom stereocenters. The number of thiazole rings is 2. The Morgan fingerprint density at radius 2 is 1.16 bits per heavy atom. The lowest BCUT2D eigenvalue weighted by Gasteiger charge is -2.26. The Kier molecular flexibility index (Phi) is 15.1. The fourth-order valence-corrected chi connectivity index (χ4v) is 7.45. The van der Waals surface area contributed by atoms with E-state index in [1.165, 1.54) is 84.6 Å². The van der Waals surface area contributed by atoms with Crippen LogP contribution in [0.5, 0.6) is 0 Å². The number of nitrogens with one attached hydrogen (secondary N) is 1. The number of rotatable bonds is 14. The summed E-state index contributed by atoms with van der Waals surface area (Å²) in [6.07, 6.45) is 0. The Morgan fingerprint density at radius 3 is 1.64 bits per heavy atom. The summed E-state index contributed by atoms with van der Waals surface area (Å²) in [5, 5.41) is 3.32. The first-order valence-corrected chi connectivity index (χ1v) is 20.3. The number of carbonyl (C=O) groups excluding carboxylic acids is 5. The number of aromatic nitrogens is 2. The van der Waals surface area contributed by atoms with Crippen molar-refractivity contribution in [3.05, 3.63) is 139 Å². The van der Waals surface area contributed by atoms with E-state index in [0.29, 0.717) is 27.5 Å². The summed E-state index contributed by atoms with van der Waals surface area (Å²) >= 11 is 13.4. The second kappa shape index (κ2) is 20.2. The Hall–Kier alpha value is -6.47. The quantitative estimate of drug-likeness (QED) is 0.0594. The molecule has 1 amide bonds. The van der Waals surface area contributed by atoms with E-state index < -0.39 is 41.3 Å². The third-order valence-corrected chi connectivity index (χ3v) is 11.0. The summed E-state index contributed by atoms with van der Waals surface area (Å²) < 4.78 is 37.5. The van der Waals surface area contributed by atoms with Gasteiger partial charge in [0.05, 0.1) is 34.4 Å². The summed E-state index contributed by atoms with van der Waals surface area (Å²) in [7, 11) is 0. The molecule has 61 heavy (non-hydrogen) atoms. The molecule has 0 aliphatic heterocycles. The molecule has 0 bridgehead atoms. The van der Waals surface area contributed by atoms with Crippen LogP contribution in [0.1, 0.15) is 72.0 Å². The summed E-state index contributed by atoms with van der Waals surface area (Å²) in [5.74, 6) is -3.69. The number of carbonyl (C=O) groups is 5. The van der Waals surface area contributed by atoms with E-state index in [9.17, 15) is 32.8 Å². The molecule has 6 rings (SSSR count). The van der Waals surface area contributed by atoms with Gasteiger partial charge in [-0.3, -0.25) is 14.4 Å². The third kappa shape index (κ3) is 11.0. The molecule has 20 heteroatoms. The number of nitrogen functional groups attached to an aromatic ring is 2. The van der Waals surface area contributed by atoms with Crippen molar-refractivity contribution in [2.45, 2.75) is 26.8 Å². The zero-order chi connectivity index (χ0) is 44.5. The number of benzene rings is 4. The first-order valence-electron chi connectivity index (χ1n) is 17.9. The number of halogens is 4. The van der Waals surface area contributed by atoms with Gasteiger partial charge in [-0.1, -0.05) is 70.1 Å². The molecule has 2 aromatic heterocycles. The van der Waals surface area contributed by atoms with Gasteiger partial charge in [0.25, 0.3) is 0 Å². The average molecular weight is 911 g/mol. The number of amides is 1. The minimum atomic E-state index is -0.928. The van der Waals surface area contributed by atoms with Gasteiger partial charge in [0, 0.05) is 22.5 Å². The number of esters is 2. The first kappa shape index (κ1) is 45.6. The molecule has 0 spiro atoms. The minimum Gasteiger partial charge on any atom is -0.462 e. The number of anilines is 6. The maximum absolute atomic E-state index is 14.1. The predicted octanol–water partition coefficient (Wildman–Crippen LogP) is 8.61. The maximum Gasteiger partial charge on any atom is 0.338 e. The molecule has 2 heterocycles. The van der Waals surface area contributed by atoms with E-state index in [4.69, 9.17) is 49.9 Å². The van der Waals surface area contributed by atoms with Crippen LogP contribution in [0.2, 0.25) is 10.0 Å². The molecule has 0 unspecified atom stereocenters. The highest BCUT2D eigenvalue weighted by molar-refractivity contribution is 7.18. The van der Waals surface area contributed by atoms with Gasteiger partial charge in [0.2, 0.25) is 17.5 Å². The van der Waals surface area contributed by atoms with Crippen molar-refractivity contribution in [2.75, 3.05) is 34.9 Å². The first-order chi connectivity index (χ1) is 29.0. The van der Waals surface area contributed by atoms with Gasteiger partial charge in [-0.2, -0.15) is 0 Å². The van der Waals surface area contributed by atoms with E-state index >= 15 is 0 Å². The SMILES string of the molecule is CCOC(=O)c1ccc(C(=O)c2sc(N(c3ccc(Cl)c(F)c3)[C@H](C)C(N)=O)nc2N)cc1.CCOC(=O)c1ccc(C(=O)c2sc(Nc3ccc(Cl)c(F)c3)nc2N)cc1. The normalized spacial score (nSPS) is 11.1. The highest BCUT2D eigenvalue weighted by Gasteiger charge is 2.28. The molecule has 7 N–H and O–H groups in total. The van der Waals surface area contributed by atoms with Crippen LogP contribution in [0, 0.1) is 11.6 Å². The van der Waals surface area contributed by atoms with E-state index in [0.717, 1.165) is 28.7 Å². The van der Waals surface area contributed by atoms with E-state index in [1.54, 1.807) is 19.9 Å². The average Bonchev–Trinajstić information content (AvgIpc) is 3.81. The number of ether oxygens (including phenoxy) is 2. The van der Waals surface area contributed by atoms with Crippen molar-refractivity contribution in [2.24, 2.45) is 5.73 Å². The van der Waals surface area contributed by atoms with Crippen LogP contribution >= 0.6 is 45.9 Å². The van der Waals surface area contributed by atoms with Crippen molar-refractivity contribution in [3.63, 3.8) is 0 Å². The Morgan fingerprint density at radius 1 is 0.705 bits per heavy atom. The van der Waals surface area contributed by atoms with Crippen molar-refractivity contribution in [3.8, 4) is 0 Å². The van der Waals surface area contributed by atoms with Crippen molar-refractivity contribution >= 4 is 109 Å². The van der Waals surface area contributed by atoms with Gasteiger partial charge in [0.1, 0.15) is 39.1 Å². The zero-order valence-corrected chi connectivity index (χ0v) is 35.5. The Labute approximate surface area is 365 Å². The van der Waals surface area contributed by atoms with Crippen LogP contribution in [0.15, 0.2) is 84.9 Å². The number of hydrogen-bond acceptors (Lipinski definition) is 15. The van der Waals surface area contributed by atoms with Crippen LogP contribution in [0.4, 0.5) is 42.1 Å². The fraction of sp³-hybridized carbons (Fsp3) is 0.146. The van der Waals surface area contributed by atoms with Crippen molar-refractivity contribution < 1.29 is 42.2 Å². The summed E-state index contributed by atoms with van der Waals surface area (Å²) in [6, 6.07) is 19.2. The highest BCUT2D eigenvalue weighted by atomic mass is 35.5. The third-order valence-electron chi connectivity index (χ3n) is 8.38. The molecular formula is C41H35Cl2F2N7O7S2. The molecule has 316 valence electrons. The molecule has 0 fully saturated rings. The lowest BCUT2D eigenvalue weighted by Crippen LogP contribution is -2.40. The Balaban J connectivity index is 0.000000234. The molecular weight excluding hydrogens is 876 g/mol. The van der Waals surface area contributed by atoms with Gasteiger partial charge in [0.15, 0.2) is 10.3 Å². The molecule has 14 nitrogen and oxygen atoms in total. The van der Waals surface area contributed by atoms with E-state index in [2.05, 4.69) is 15.3 Å². The molecule has 0 saturated carbocycles. The Bertz CT molecular complexity index is 2610. The molecule has 0 aliphatic carbocycles. The molecule has 0 radical (unpaired) electrons. The highest BCUT2D eigenvalue weighted by Crippen LogP contribution is 2.37. The largest absolute Gasteiger partial charge is 0.462 e. The number of nitrogens with zero attached hydrogens (tertiary/aromatic N) is 3. The predicted molar refractivity (Wildman–Crippen MR) is 232 cm³/mol. The summed E-state index contributed by atoms with van der Waals surface area (Å²) in [5.41, 5.74) is 19.3. The molecule has 6 aromatic rings. The van der Waals surface area contributed by atoms with Gasteiger partial charge in [-0.25, -0.2) is 28.3 Å². The zero-order valence-electron chi connectivity index (χ0n) is 32.3. The van der Waals surface area contributed by atoms with Crippen LogP contribution in [-0.2, 0) is 14.3 Å². The second-order valence-electron chi connectivity index (χ2n) is 12.5. The molecule has 0 aliphatic rings. The number of nitrogens with two attached hydrogens (primary N) is 3. The lowest BCUT2D eigenvalue weighted by atomic mass is 10.1. The van der Waals surface area contributed by atoms with Crippen LogP contribution in [0.25, 0.3) is 0 Å². The van der Waals surface area contributed by atoms with Gasteiger partial charge < -0.3 is 36.9 Å². The van der Waals surface area contributed by atoms with Gasteiger partial charge in [-0.15, -0.1) is 0 Å². The smallest absolute Gasteiger partial charge is 0.338 e. The van der Waals surface area contributed by atoms with Crippen LogP contribution in [-0.4, -0.2) is 58.6 Å². The second-order valence-corrected chi connectivity index (χ2v) is 15.3.